The average molecular weight is 224 g/mol. The second kappa shape index (κ2) is 4.37. The summed E-state index contributed by atoms with van der Waals surface area (Å²) in [4.78, 5) is 0. The molecular weight excluding hydrogens is 204 g/mol. The number of benzene rings is 2. The summed E-state index contributed by atoms with van der Waals surface area (Å²) in [6.07, 6.45) is 0. The molecule has 0 heterocycles. The number of rotatable bonds is 2. The van der Waals surface area contributed by atoms with Gasteiger partial charge in [-0.3, -0.25) is 0 Å². The van der Waals surface area contributed by atoms with E-state index in [0.29, 0.717) is 0 Å². The average Bonchev–Trinajstić information content (AvgIpc) is 2.29. The predicted molar refractivity (Wildman–Crippen MR) is 74.5 cm³/mol. The lowest BCUT2D eigenvalue weighted by Crippen LogP contribution is -2.19. The summed E-state index contributed by atoms with van der Waals surface area (Å²) in [6, 6.07) is 17.6. The molecule has 0 bridgehead atoms. The molecule has 0 nitrogen and oxygen atoms in total. The monoisotopic (exact) mass is 224 g/mol. The molecule has 0 heteroatoms. The zero-order valence-electron chi connectivity index (χ0n) is 11.1. The maximum absolute atomic E-state index is 2.29. The van der Waals surface area contributed by atoms with E-state index in [1.165, 1.54) is 22.3 Å². The second-order valence-corrected chi connectivity index (χ2v) is 5.36. The van der Waals surface area contributed by atoms with Gasteiger partial charge in [-0.25, -0.2) is 0 Å². The standard InChI is InChI=1S/C17H20/c1-13-7-5-9-15(11-13)17(3,4)16-10-6-8-14(2)12-16/h5-12H,1-4H3. The Hall–Kier alpha value is -1.56. The number of aryl methyl sites for hydroxylation is 2. The van der Waals surface area contributed by atoms with Crippen molar-refractivity contribution >= 4 is 0 Å². The van der Waals surface area contributed by atoms with Crippen molar-refractivity contribution < 1.29 is 0 Å². The molecule has 0 saturated carbocycles. The SMILES string of the molecule is Cc1cccc(C(C)(C)c2cccc(C)c2)c1. The van der Waals surface area contributed by atoms with Crippen LogP contribution in [0.15, 0.2) is 48.5 Å². The molecule has 0 saturated heterocycles. The van der Waals surface area contributed by atoms with Gasteiger partial charge in [-0.2, -0.15) is 0 Å². The highest BCUT2D eigenvalue weighted by Gasteiger charge is 2.22. The first-order valence-electron chi connectivity index (χ1n) is 6.14. The van der Waals surface area contributed by atoms with Crippen molar-refractivity contribution in [2.24, 2.45) is 0 Å². The van der Waals surface area contributed by atoms with E-state index in [1.807, 2.05) is 0 Å². The third-order valence-electron chi connectivity index (χ3n) is 3.48. The van der Waals surface area contributed by atoms with Gasteiger partial charge in [-0.05, 0) is 25.0 Å². The van der Waals surface area contributed by atoms with Gasteiger partial charge in [-0.1, -0.05) is 73.5 Å². The molecule has 2 aromatic rings. The lowest BCUT2D eigenvalue weighted by Gasteiger charge is -2.26. The first-order chi connectivity index (χ1) is 8.00. The van der Waals surface area contributed by atoms with Crippen molar-refractivity contribution in [2.75, 3.05) is 0 Å². The fourth-order valence-corrected chi connectivity index (χ4v) is 2.23. The van der Waals surface area contributed by atoms with Crippen molar-refractivity contribution in [1.29, 1.82) is 0 Å². The molecule has 0 aliphatic heterocycles. The fourth-order valence-electron chi connectivity index (χ4n) is 2.23. The zero-order chi connectivity index (χ0) is 12.5. The first-order valence-corrected chi connectivity index (χ1v) is 6.14. The van der Waals surface area contributed by atoms with E-state index in [9.17, 15) is 0 Å². The molecule has 2 rings (SSSR count). The van der Waals surface area contributed by atoms with Crippen LogP contribution in [0.3, 0.4) is 0 Å². The largest absolute Gasteiger partial charge is 0.0617 e. The van der Waals surface area contributed by atoms with Crippen molar-refractivity contribution in [3.8, 4) is 0 Å². The van der Waals surface area contributed by atoms with Crippen LogP contribution in [0.4, 0.5) is 0 Å². The van der Waals surface area contributed by atoms with E-state index < -0.39 is 0 Å². The Bertz CT molecular complexity index is 474. The number of hydrogen-bond donors (Lipinski definition) is 0. The van der Waals surface area contributed by atoms with Crippen molar-refractivity contribution in [3.05, 3.63) is 70.8 Å². The molecule has 0 spiro atoms. The summed E-state index contributed by atoms with van der Waals surface area (Å²) in [5.41, 5.74) is 5.47. The summed E-state index contributed by atoms with van der Waals surface area (Å²) >= 11 is 0. The van der Waals surface area contributed by atoms with Gasteiger partial charge in [0.1, 0.15) is 0 Å². The van der Waals surface area contributed by atoms with Crippen LogP contribution in [0.2, 0.25) is 0 Å². The molecule has 17 heavy (non-hydrogen) atoms. The lowest BCUT2D eigenvalue weighted by atomic mass is 9.77. The molecule has 0 fully saturated rings. The van der Waals surface area contributed by atoms with Crippen LogP contribution in [0, 0.1) is 13.8 Å². The van der Waals surface area contributed by atoms with E-state index in [4.69, 9.17) is 0 Å². The lowest BCUT2D eigenvalue weighted by molar-refractivity contribution is 0.639. The van der Waals surface area contributed by atoms with E-state index in [2.05, 4.69) is 76.2 Å². The molecule has 0 aliphatic rings. The van der Waals surface area contributed by atoms with Crippen LogP contribution in [-0.2, 0) is 5.41 Å². The highest BCUT2D eigenvalue weighted by molar-refractivity contribution is 5.40. The maximum Gasteiger partial charge on any atom is 0.0146 e. The Morgan fingerprint density at radius 3 is 1.47 bits per heavy atom. The van der Waals surface area contributed by atoms with Gasteiger partial charge in [0.2, 0.25) is 0 Å². The van der Waals surface area contributed by atoms with Crippen molar-refractivity contribution in [1.82, 2.24) is 0 Å². The minimum Gasteiger partial charge on any atom is -0.0617 e. The molecule has 0 atom stereocenters. The van der Waals surface area contributed by atoms with Crippen LogP contribution in [0.1, 0.15) is 36.1 Å². The summed E-state index contributed by atoms with van der Waals surface area (Å²) < 4.78 is 0. The van der Waals surface area contributed by atoms with Crippen LogP contribution >= 0.6 is 0 Å². The van der Waals surface area contributed by atoms with Crippen molar-refractivity contribution in [3.63, 3.8) is 0 Å². The Balaban J connectivity index is 2.49. The summed E-state index contributed by atoms with van der Waals surface area (Å²) in [5, 5.41) is 0. The minimum absolute atomic E-state index is 0.0675. The molecule has 0 unspecified atom stereocenters. The maximum atomic E-state index is 2.29. The highest BCUT2D eigenvalue weighted by atomic mass is 14.3. The first kappa shape index (κ1) is 11.9. The van der Waals surface area contributed by atoms with Gasteiger partial charge in [0.15, 0.2) is 0 Å². The van der Waals surface area contributed by atoms with Gasteiger partial charge in [0.05, 0.1) is 0 Å². The molecule has 88 valence electrons. The van der Waals surface area contributed by atoms with E-state index in [1.54, 1.807) is 0 Å². The third kappa shape index (κ3) is 2.41. The van der Waals surface area contributed by atoms with E-state index in [-0.39, 0.29) is 5.41 Å². The van der Waals surface area contributed by atoms with Gasteiger partial charge in [0.25, 0.3) is 0 Å². The fraction of sp³-hybridized carbons (Fsp3) is 0.294. The van der Waals surface area contributed by atoms with Crippen molar-refractivity contribution in [2.45, 2.75) is 33.1 Å². The number of hydrogen-bond acceptors (Lipinski definition) is 0. The van der Waals surface area contributed by atoms with Crippen LogP contribution in [0.5, 0.6) is 0 Å². The van der Waals surface area contributed by atoms with Crippen LogP contribution in [-0.4, -0.2) is 0 Å². The normalized spacial score (nSPS) is 11.5. The van der Waals surface area contributed by atoms with E-state index in [0.717, 1.165) is 0 Å². The molecule has 0 aromatic heterocycles. The third-order valence-corrected chi connectivity index (χ3v) is 3.48. The van der Waals surface area contributed by atoms with Crippen LogP contribution < -0.4 is 0 Å². The summed E-state index contributed by atoms with van der Waals surface area (Å²) in [6.45, 7) is 8.87. The Morgan fingerprint density at radius 2 is 1.12 bits per heavy atom. The topological polar surface area (TPSA) is 0 Å². The quantitative estimate of drug-likeness (QED) is 0.697. The molecule has 2 aromatic carbocycles. The van der Waals surface area contributed by atoms with E-state index >= 15 is 0 Å². The Morgan fingerprint density at radius 1 is 0.706 bits per heavy atom. The molecule has 0 aliphatic carbocycles. The van der Waals surface area contributed by atoms with Gasteiger partial charge in [-0.15, -0.1) is 0 Å². The zero-order valence-corrected chi connectivity index (χ0v) is 11.1. The highest BCUT2D eigenvalue weighted by Crippen LogP contribution is 2.32. The predicted octanol–water partition coefficient (Wildman–Crippen LogP) is 4.63. The second-order valence-electron chi connectivity index (χ2n) is 5.36. The van der Waals surface area contributed by atoms with Crippen LogP contribution in [0.25, 0.3) is 0 Å². The molecule has 0 N–H and O–H groups in total. The van der Waals surface area contributed by atoms with Gasteiger partial charge >= 0.3 is 0 Å². The molecular formula is C17H20. The Labute approximate surface area is 104 Å². The minimum atomic E-state index is 0.0675. The smallest absolute Gasteiger partial charge is 0.0146 e. The Kier molecular flexibility index (Phi) is 3.06. The summed E-state index contributed by atoms with van der Waals surface area (Å²) in [5.74, 6) is 0. The molecule has 0 amide bonds. The molecule has 0 radical (unpaired) electrons. The van der Waals surface area contributed by atoms with Gasteiger partial charge in [0, 0.05) is 5.41 Å². The summed E-state index contributed by atoms with van der Waals surface area (Å²) in [7, 11) is 0. The van der Waals surface area contributed by atoms with Gasteiger partial charge < -0.3 is 0 Å².